The molecule has 114 valence electrons. The van der Waals surface area contributed by atoms with E-state index in [1.165, 1.54) is 0 Å². The Morgan fingerprint density at radius 1 is 1.48 bits per heavy atom. The van der Waals surface area contributed by atoms with Crippen molar-refractivity contribution in [1.29, 1.82) is 0 Å². The Morgan fingerprint density at radius 2 is 2.24 bits per heavy atom. The fourth-order valence-corrected chi connectivity index (χ4v) is 4.19. The van der Waals surface area contributed by atoms with Gasteiger partial charge in [-0.15, -0.1) is 11.8 Å². The second-order valence-corrected chi connectivity index (χ2v) is 6.86. The first-order chi connectivity index (χ1) is 10.0. The van der Waals surface area contributed by atoms with Crippen LogP contribution < -0.4 is 5.73 Å². The Hall–Kier alpha value is -1.01. The molecule has 2 rings (SSSR count). The maximum absolute atomic E-state index is 12.5. The number of rotatable bonds is 4. The summed E-state index contributed by atoms with van der Waals surface area (Å²) in [6.45, 7) is 1.17. The van der Waals surface area contributed by atoms with E-state index in [2.05, 4.69) is 15.9 Å². The molecule has 1 fully saturated rings. The topological polar surface area (TPSA) is 63.4 Å². The molecule has 1 atom stereocenters. The van der Waals surface area contributed by atoms with E-state index in [1.54, 1.807) is 16.7 Å². The molecule has 1 aromatic carbocycles. The first kappa shape index (κ1) is 16.4. The molecule has 21 heavy (non-hydrogen) atoms. The van der Waals surface area contributed by atoms with Crippen molar-refractivity contribution in [3.05, 3.63) is 28.2 Å². The molecule has 0 aromatic heterocycles. The summed E-state index contributed by atoms with van der Waals surface area (Å²) in [5.41, 5.74) is 6.38. The Balaban J connectivity index is 2.08. The van der Waals surface area contributed by atoms with Gasteiger partial charge < -0.3 is 10.6 Å². The predicted molar refractivity (Wildman–Crippen MR) is 88.1 cm³/mol. The number of primary amides is 1. The van der Waals surface area contributed by atoms with E-state index in [-0.39, 0.29) is 17.7 Å². The molecule has 1 heterocycles. The van der Waals surface area contributed by atoms with Crippen LogP contribution in [0.1, 0.15) is 18.4 Å². The summed E-state index contributed by atoms with van der Waals surface area (Å²) in [5, 5.41) is 0. The summed E-state index contributed by atoms with van der Waals surface area (Å²) in [6.07, 6.45) is 3.98. The zero-order valence-electron chi connectivity index (χ0n) is 12.0. The van der Waals surface area contributed by atoms with Gasteiger partial charge in [0.25, 0.3) is 0 Å². The van der Waals surface area contributed by atoms with Crippen molar-refractivity contribution >= 4 is 39.5 Å². The van der Waals surface area contributed by atoms with Gasteiger partial charge in [-0.1, -0.05) is 12.1 Å². The zero-order chi connectivity index (χ0) is 15.4. The smallest absolute Gasteiger partial charge is 0.227 e. The molecule has 6 heteroatoms. The lowest BCUT2D eigenvalue weighted by Gasteiger charge is -2.31. The lowest BCUT2D eigenvalue weighted by Crippen LogP contribution is -2.44. The molecule has 0 spiro atoms. The normalized spacial score (nSPS) is 18.6. The molecule has 0 saturated carbocycles. The Labute approximate surface area is 137 Å². The molecule has 1 saturated heterocycles. The van der Waals surface area contributed by atoms with Crippen LogP contribution in [0.2, 0.25) is 0 Å². The highest BCUT2D eigenvalue weighted by Gasteiger charge is 2.27. The highest BCUT2D eigenvalue weighted by molar-refractivity contribution is 9.10. The summed E-state index contributed by atoms with van der Waals surface area (Å²) < 4.78 is 1.01. The van der Waals surface area contributed by atoms with E-state index in [0.717, 1.165) is 27.8 Å². The number of nitrogens with zero attached hydrogens (tertiary/aromatic N) is 1. The Bertz CT molecular complexity index is 550. The minimum atomic E-state index is -0.306. The van der Waals surface area contributed by atoms with Gasteiger partial charge in [0.2, 0.25) is 11.8 Å². The lowest BCUT2D eigenvalue weighted by molar-refractivity contribution is -0.134. The van der Waals surface area contributed by atoms with Crippen LogP contribution in [0.25, 0.3) is 0 Å². The highest BCUT2D eigenvalue weighted by Crippen LogP contribution is 2.30. The molecular formula is C15H19BrN2O2S. The minimum Gasteiger partial charge on any atom is -0.369 e. The third kappa shape index (κ3) is 4.01. The summed E-state index contributed by atoms with van der Waals surface area (Å²) in [7, 11) is 0. The maximum atomic E-state index is 12.5. The third-order valence-corrected chi connectivity index (χ3v) is 5.58. The molecule has 0 aliphatic carbocycles. The van der Waals surface area contributed by atoms with Crippen molar-refractivity contribution in [2.45, 2.75) is 24.2 Å². The van der Waals surface area contributed by atoms with E-state index in [4.69, 9.17) is 5.73 Å². The van der Waals surface area contributed by atoms with Gasteiger partial charge in [0.05, 0.1) is 12.3 Å². The predicted octanol–water partition coefficient (Wildman–Crippen LogP) is 2.44. The molecule has 4 nitrogen and oxygen atoms in total. The molecule has 0 unspecified atom stereocenters. The average molecular weight is 371 g/mol. The van der Waals surface area contributed by atoms with Crippen molar-refractivity contribution < 1.29 is 9.59 Å². The molecule has 0 bridgehead atoms. The van der Waals surface area contributed by atoms with Crippen molar-refractivity contribution in [2.75, 3.05) is 19.3 Å². The molecule has 2 N–H and O–H groups in total. The van der Waals surface area contributed by atoms with Crippen LogP contribution in [-0.4, -0.2) is 36.1 Å². The zero-order valence-corrected chi connectivity index (χ0v) is 14.4. The average Bonchev–Trinajstić information content (AvgIpc) is 2.47. The number of hydrogen-bond acceptors (Lipinski definition) is 3. The van der Waals surface area contributed by atoms with E-state index in [1.807, 2.05) is 24.5 Å². The van der Waals surface area contributed by atoms with Gasteiger partial charge in [0, 0.05) is 22.5 Å². The quantitative estimate of drug-likeness (QED) is 0.827. The van der Waals surface area contributed by atoms with E-state index >= 15 is 0 Å². The number of amides is 2. The lowest BCUT2D eigenvalue weighted by atomic mass is 9.97. The summed E-state index contributed by atoms with van der Waals surface area (Å²) >= 11 is 5.14. The van der Waals surface area contributed by atoms with E-state index in [0.29, 0.717) is 19.5 Å². The number of thioether (sulfide) groups is 1. The van der Waals surface area contributed by atoms with E-state index in [9.17, 15) is 9.59 Å². The van der Waals surface area contributed by atoms with Gasteiger partial charge >= 0.3 is 0 Å². The van der Waals surface area contributed by atoms with Gasteiger partial charge in [0.1, 0.15) is 0 Å². The van der Waals surface area contributed by atoms with Gasteiger partial charge in [-0.2, -0.15) is 0 Å². The van der Waals surface area contributed by atoms with Gasteiger partial charge in [-0.05, 0) is 46.7 Å². The third-order valence-electron chi connectivity index (χ3n) is 3.77. The number of benzene rings is 1. The summed E-state index contributed by atoms with van der Waals surface area (Å²) in [4.78, 5) is 26.6. The summed E-state index contributed by atoms with van der Waals surface area (Å²) in [5.74, 6) is -0.445. The molecular weight excluding hydrogens is 352 g/mol. The number of carbonyl (C=O) groups excluding carboxylic acids is 2. The van der Waals surface area contributed by atoms with Crippen molar-refractivity contribution in [2.24, 2.45) is 11.7 Å². The number of nitrogens with two attached hydrogens (primary N) is 1. The largest absolute Gasteiger partial charge is 0.369 e. The number of carbonyl (C=O) groups is 2. The van der Waals surface area contributed by atoms with Crippen molar-refractivity contribution in [3.8, 4) is 0 Å². The SMILES string of the molecule is CSc1c(Br)cccc1CC(=O)N1CCC[C@H](C(N)=O)C1. The number of piperidine rings is 1. The highest BCUT2D eigenvalue weighted by atomic mass is 79.9. The van der Waals surface area contributed by atoms with Crippen molar-refractivity contribution in [3.63, 3.8) is 0 Å². The van der Waals surface area contributed by atoms with Crippen LogP contribution in [0.4, 0.5) is 0 Å². The molecule has 2 amide bonds. The minimum absolute atomic E-state index is 0.0642. The molecule has 1 aliphatic heterocycles. The Morgan fingerprint density at radius 3 is 2.90 bits per heavy atom. The first-order valence-electron chi connectivity index (χ1n) is 6.91. The Kier molecular flexibility index (Phi) is 5.70. The number of halogens is 1. The van der Waals surface area contributed by atoms with Crippen LogP contribution >= 0.6 is 27.7 Å². The fourth-order valence-electron chi connectivity index (χ4n) is 2.63. The molecule has 1 aromatic rings. The van der Waals surface area contributed by atoms with Crippen LogP contribution in [0.5, 0.6) is 0 Å². The monoisotopic (exact) mass is 370 g/mol. The second-order valence-electron chi connectivity index (χ2n) is 5.19. The summed E-state index contributed by atoms with van der Waals surface area (Å²) in [6, 6.07) is 5.89. The van der Waals surface area contributed by atoms with Crippen LogP contribution in [0.15, 0.2) is 27.6 Å². The van der Waals surface area contributed by atoms with E-state index < -0.39 is 0 Å². The molecule has 1 aliphatic rings. The second kappa shape index (κ2) is 7.31. The fraction of sp³-hybridized carbons (Fsp3) is 0.467. The van der Waals surface area contributed by atoms with Crippen molar-refractivity contribution in [1.82, 2.24) is 4.90 Å². The van der Waals surface area contributed by atoms with Crippen LogP contribution in [0, 0.1) is 5.92 Å². The van der Waals surface area contributed by atoms with Gasteiger partial charge in [-0.3, -0.25) is 9.59 Å². The first-order valence-corrected chi connectivity index (χ1v) is 8.93. The molecule has 0 radical (unpaired) electrons. The van der Waals surface area contributed by atoms with Crippen LogP contribution in [-0.2, 0) is 16.0 Å². The number of likely N-dealkylation sites (tertiary alicyclic amines) is 1. The maximum Gasteiger partial charge on any atom is 0.227 e. The number of hydrogen-bond donors (Lipinski definition) is 1. The standard InChI is InChI=1S/C15H19BrN2O2S/c1-21-14-10(4-2-6-12(14)16)8-13(19)18-7-3-5-11(9-18)15(17)20/h2,4,6,11H,3,5,7-9H2,1H3,(H2,17,20)/t11-/m0/s1. The van der Waals surface area contributed by atoms with Gasteiger partial charge in [-0.25, -0.2) is 0 Å². The van der Waals surface area contributed by atoms with Crippen LogP contribution in [0.3, 0.4) is 0 Å². The van der Waals surface area contributed by atoms with Gasteiger partial charge in [0.15, 0.2) is 0 Å².